The Hall–Kier alpha value is -2.26. The van der Waals surface area contributed by atoms with Crippen molar-refractivity contribution >= 4 is 35.1 Å². The highest BCUT2D eigenvalue weighted by Crippen LogP contribution is 2.22. The Balaban J connectivity index is 1.80. The average Bonchev–Trinajstić information content (AvgIpc) is 3.14. The van der Waals surface area contributed by atoms with Gasteiger partial charge in [-0.25, -0.2) is 0 Å². The zero-order valence-corrected chi connectivity index (χ0v) is 12.7. The molecule has 3 aromatic rings. The lowest BCUT2D eigenvalue weighted by Gasteiger charge is -2.05. The molecule has 0 saturated carbocycles. The molecule has 0 saturated heterocycles. The SMILES string of the molecule is Cn1cc(NC(=O)Cn2c(-c3cccs3)n[nH]c2=S)cn1. The van der Waals surface area contributed by atoms with E-state index in [2.05, 4.69) is 20.6 Å². The zero-order valence-electron chi connectivity index (χ0n) is 11.1. The second-order valence-corrected chi connectivity index (χ2v) is 5.70. The standard InChI is InChI=1S/C12H12N6OS2/c1-17-6-8(5-13-17)14-10(19)7-18-11(15-16-12(18)20)9-3-2-4-21-9/h2-6H,7H2,1H3,(H,14,19)(H,16,20). The van der Waals surface area contributed by atoms with Gasteiger partial charge in [-0.05, 0) is 23.7 Å². The normalized spacial score (nSPS) is 10.7. The number of carbonyl (C=O) groups excluding carboxylic acids is 1. The van der Waals surface area contributed by atoms with E-state index in [4.69, 9.17) is 12.2 Å². The highest BCUT2D eigenvalue weighted by molar-refractivity contribution is 7.71. The molecular weight excluding hydrogens is 308 g/mol. The van der Waals surface area contributed by atoms with Gasteiger partial charge in [0.15, 0.2) is 10.6 Å². The van der Waals surface area contributed by atoms with Crippen molar-refractivity contribution in [2.24, 2.45) is 7.05 Å². The fourth-order valence-corrected chi connectivity index (χ4v) is 2.81. The number of anilines is 1. The van der Waals surface area contributed by atoms with E-state index in [1.165, 1.54) is 0 Å². The third kappa shape index (κ3) is 2.93. The first-order chi connectivity index (χ1) is 10.1. The van der Waals surface area contributed by atoms with E-state index in [0.717, 1.165) is 4.88 Å². The molecule has 0 fully saturated rings. The van der Waals surface area contributed by atoms with Crippen LogP contribution >= 0.6 is 23.6 Å². The lowest BCUT2D eigenvalue weighted by molar-refractivity contribution is -0.116. The summed E-state index contributed by atoms with van der Waals surface area (Å²) in [7, 11) is 1.79. The minimum Gasteiger partial charge on any atom is -0.322 e. The quantitative estimate of drug-likeness (QED) is 0.721. The maximum absolute atomic E-state index is 12.1. The molecule has 0 bridgehead atoms. The van der Waals surface area contributed by atoms with E-state index in [-0.39, 0.29) is 12.5 Å². The smallest absolute Gasteiger partial charge is 0.244 e. The summed E-state index contributed by atoms with van der Waals surface area (Å²) in [5, 5.41) is 15.6. The van der Waals surface area contributed by atoms with Crippen molar-refractivity contribution in [2.45, 2.75) is 6.54 Å². The van der Waals surface area contributed by atoms with Gasteiger partial charge in [-0.2, -0.15) is 10.2 Å². The zero-order chi connectivity index (χ0) is 14.8. The van der Waals surface area contributed by atoms with Gasteiger partial charge in [0.05, 0.1) is 16.8 Å². The molecule has 3 rings (SSSR count). The van der Waals surface area contributed by atoms with Crippen LogP contribution in [0, 0.1) is 4.77 Å². The number of H-pyrrole nitrogens is 1. The molecule has 0 unspecified atom stereocenters. The van der Waals surface area contributed by atoms with E-state index < -0.39 is 0 Å². The van der Waals surface area contributed by atoms with Gasteiger partial charge in [0.2, 0.25) is 5.91 Å². The molecule has 21 heavy (non-hydrogen) atoms. The van der Waals surface area contributed by atoms with Crippen LogP contribution in [-0.4, -0.2) is 30.5 Å². The highest BCUT2D eigenvalue weighted by Gasteiger charge is 2.13. The number of amides is 1. The molecule has 2 N–H and O–H groups in total. The number of hydrogen-bond acceptors (Lipinski definition) is 5. The van der Waals surface area contributed by atoms with Crippen LogP contribution < -0.4 is 5.32 Å². The van der Waals surface area contributed by atoms with Crippen molar-refractivity contribution < 1.29 is 4.79 Å². The van der Waals surface area contributed by atoms with Gasteiger partial charge in [-0.15, -0.1) is 11.3 Å². The molecule has 0 spiro atoms. The second kappa shape index (κ2) is 5.62. The maximum Gasteiger partial charge on any atom is 0.244 e. The number of aromatic nitrogens is 5. The number of thiophene rings is 1. The Bertz CT molecular complexity index is 813. The summed E-state index contributed by atoms with van der Waals surface area (Å²) in [4.78, 5) is 13.1. The number of rotatable bonds is 4. The number of hydrogen-bond donors (Lipinski definition) is 2. The fourth-order valence-electron chi connectivity index (χ4n) is 1.89. The van der Waals surface area contributed by atoms with Crippen LogP contribution in [0.4, 0.5) is 5.69 Å². The van der Waals surface area contributed by atoms with Crippen molar-refractivity contribution in [3.63, 3.8) is 0 Å². The summed E-state index contributed by atoms with van der Waals surface area (Å²) in [5.74, 6) is 0.481. The molecule has 1 amide bonds. The van der Waals surface area contributed by atoms with E-state index in [0.29, 0.717) is 16.3 Å². The number of aromatic amines is 1. The Morgan fingerprint density at radius 1 is 1.57 bits per heavy atom. The summed E-state index contributed by atoms with van der Waals surface area (Å²) < 4.78 is 3.71. The Morgan fingerprint density at radius 3 is 3.10 bits per heavy atom. The van der Waals surface area contributed by atoms with Crippen LogP contribution in [0.2, 0.25) is 0 Å². The van der Waals surface area contributed by atoms with Crippen LogP contribution in [0.15, 0.2) is 29.9 Å². The minimum atomic E-state index is -0.182. The Labute approximate surface area is 129 Å². The molecule has 7 nitrogen and oxygen atoms in total. The highest BCUT2D eigenvalue weighted by atomic mass is 32.1. The summed E-state index contributed by atoms with van der Waals surface area (Å²) in [6, 6.07) is 3.86. The molecule has 3 heterocycles. The van der Waals surface area contributed by atoms with Crippen molar-refractivity contribution in [3.8, 4) is 10.7 Å². The third-order valence-electron chi connectivity index (χ3n) is 2.79. The van der Waals surface area contributed by atoms with Crippen LogP contribution in [0.3, 0.4) is 0 Å². The van der Waals surface area contributed by atoms with Crippen molar-refractivity contribution in [2.75, 3.05) is 5.32 Å². The van der Waals surface area contributed by atoms with Gasteiger partial charge < -0.3 is 5.32 Å². The number of aryl methyl sites for hydroxylation is 1. The van der Waals surface area contributed by atoms with Gasteiger partial charge in [0.25, 0.3) is 0 Å². The van der Waals surface area contributed by atoms with E-state index in [9.17, 15) is 4.79 Å². The van der Waals surface area contributed by atoms with Gasteiger partial charge in [0.1, 0.15) is 6.54 Å². The summed E-state index contributed by atoms with van der Waals surface area (Å²) in [5.41, 5.74) is 0.648. The van der Waals surface area contributed by atoms with Gasteiger partial charge >= 0.3 is 0 Å². The molecule has 0 atom stereocenters. The fraction of sp³-hybridized carbons (Fsp3) is 0.167. The molecular formula is C12H12N6OS2. The Morgan fingerprint density at radius 2 is 2.43 bits per heavy atom. The summed E-state index contributed by atoms with van der Waals surface area (Å²) >= 11 is 6.73. The van der Waals surface area contributed by atoms with E-state index in [1.807, 2.05) is 17.5 Å². The van der Waals surface area contributed by atoms with Crippen LogP contribution in [-0.2, 0) is 18.4 Å². The molecule has 0 aliphatic heterocycles. The molecule has 0 radical (unpaired) electrons. The van der Waals surface area contributed by atoms with E-state index >= 15 is 0 Å². The van der Waals surface area contributed by atoms with Gasteiger partial charge in [0, 0.05) is 13.2 Å². The predicted octanol–water partition coefficient (Wildman–Crippen LogP) is 2.04. The maximum atomic E-state index is 12.1. The van der Waals surface area contributed by atoms with Crippen LogP contribution in [0.5, 0.6) is 0 Å². The molecule has 108 valence electrons. The first-order valence-corrected chi connectivity index (χ1v) is 7.40. The number of nitrogens with one attached hydrogen (secondary N) is 2. The average molecular weight is 320 g/mol. The molecule has 9 heteroatoms. The van der Waals surface area contributed by atoms with Crippen molar-refractivity contribution in [3.05, 3.63) is 34.7 Å². The molecule has 0 aromatic carbocycles. The van der Waals surface area contributed by atoms with Crippen LogP contribution in [0.1, 0.15) is 0 Å². The first-order valence-electron chi connectivity index (χ1n) is 6.11. The number of nitrogens with zero attached hydrogens (tertiary/aromatic N) is 4. The van der Waals surface area contributed by atoms with Gasteiger partial charge in [-0.3, -0.25) is 19.1 Å². The van der Waals surface area contributed by atoms with Crippen molar-refractivity contribution in [1.82, 2.24) is 24.5 Å². The topological polar surface area (TPSA) is 80.5 Å². The predicted molar refractivity (Wildman–Crippen MR) is 82.6 cm³/mol. The monoisotopic (exact) mass is 320 g/mol. The molecule has 3 aromatic heterocycles. The van der Waals surface area contributed by atoms with Gasteiger partial charge in [-0.1, -0.05) is 6.07 Å². The van der Waals surface area contributed by atoms with Crippen molar-refractivity contribution in [1.29, 1.82) is 0 Å². The summed E-state index contributed by atoms with van der Waals surface area (Å²) in [6.07, 6.45) is 3.32. The molecule has 0 aliphatic rings. The third-order valence-corrected chi connectivity index (χ3v) is 3.97. The number of carbonyl (C=O) groups is 1. The minimum absolute atomic E-state index is 0.0947. The summed E-state index contributed by atoms with van der Waals surface area (Å²) in [6.45, 7) is 0.0947. The lowest BCUT2D eigenvalue weighted by atomic mass is 10.4. The Kier molecular flexibility index (Phi) is 3.67. The second-order valence-electron chi connectivity index (χ2n) is 4.37. The van der Waals surface area contributed by atoms with E-state index in [1.54, 1.807) is 40.0 Å². The molecule has 0 aliphatic carbocycles. The lowest BCUT2D eigenvalue weighted by Crippen LogP contribution is -2.19. The largest absolute Gasteiger partial charge is 0.322 e. The van der Waals surface area contributed by atoms with Crippen LogP contribution in [0.25, 0.3) is 10.7 Å². The first kappa shape index (κ1) is 13.7.